The molecule has 0 bridgehead atoms. The van der Waals surface area contributed by atoms with Gasteiger partial charge in [-0.2, -0.15) is 13.2 Å². The van der Waals surface area contributed by atoms with Crippen molar-refractivity contribution in [3.63, 3.8) is 0 Å². The average molecular weight is 627 g/mol. The topological polar surface area (TPSA) is 61.8 Å². The fourth-order valence-corrected chi connectivity index (χ4v) is 4.89. The van der Waals surface area contributed by atoms with Crippen LogP contribution < -0.4 is 9.47 Å². The number of carbonyl (C=O) groups excluding carboxylic acids is 2. The Morgan fingerprint density at radius 2 is 1.16 bits per heavy atom. The van der Waals surface area contributed by atoms with Gasteiger partial charge in [-0.3, -0.25) is 0 Å². The number of esters is 2. The van der Waals surface area contributed by atoms with E-state index in [1.54, 1.807) is 19.1 Å². The van der Waals surface area contributed by atoms with Crippen LogP contribution in [0.15, 0.2) is 72.8 Å². The van der Waals surface area contributed by atoms with Crippen LogP contribution in [0.5, 0.6) is 11.5 Å². The van der Waals surface area contributed by atoms with Crippen molar-refractivity contribution in [3.05, 3.63) is 83.9 Å². The summed E-state index contributed by atoms with van der Waals surface area (Å²) in [5.41, 5.74) is 2.55. The monoisotopic (exact) mass is 626 g/mol. The predicted octanol–water partition coefficient (Wildman–Crippen LogP) is 10.8. The van der Waals surface area contributed by atoms with Gasteiger partial charge >= 0.3 is 18.1 Å². The number of alkyl halides is 3. The first-order chi connectivity index (χ1) is 21.7. The Bertz CT molecular complexity index is 1290. The summed E-state index contributed by atoms with van der Waals surface area (Å²) >= 11 is 0. The maximum absolute atomic E-state index is 12.7. The number of carbonyl (C=O) groups is 2. The average Bonchev–Trinajstić information content (AvgIpc) is 3.03. The van der Waals surface area contributed by atoms with Crippen LogP contribution in [0.2, 0.25) is 0 Å². The van der Waals surface area contributed by atoms with Crippen molar-refractivity contribution in [3.8, 4) is 22.6 Å². The van der Waals surface area contributed by atoms with Gasteiger partial charge in [0.25, 0.3) is 0 Å². The van der Waals surface area contributed by atoms with Gasteiger partial charge in [-0.25, -0.2) is 9.59 Å². The lowest BCUT2D eigenvalue weighted by atomic mass is 10.0. The Morgan fingerprint density at radius 1 is 0.644 bits per heavy atom. The molecule has 0 amide bonds. The predicted molar refractivity (Wildman–Crippen MR) is 171 cm³/mol. The zero-order chi connectivity index (χ0) is 32.5. The summed E-state index contributed by atoms with van der Waals surface area (Å²) in [5, 5.41) is 0. The third-order valence-electron chi connectivity index (χ3n) is 7.59. The fourth-order valence-electron chi connectivity index (χ4n) is 4.89. The van der Waals surface area contributed by atoms with E-state index in [1.807, 2.05) is 36.4 Å². The molecule has 3 rings (SSSR count). The molecule has 0 aliphatic heterocycles. The standard InChI is InChI=1S/C37H45F3O5/c1-3-5-6-7-8-9-10-11-27-43-33-22-18-29(19-23-33)28-14-16-30(17-15-28)36(42)45-34-24-20-31(21-25-34)35(41)44-32(4-2)13-12-26-37(38,39)40/h14-25,32H,3-13,26-27H2,1-2H3/t32-/m1/s1. The molecule has 0 aliphatic carbocycles. The molecule has 0 fully saturated rings. The maximum Gasteiger partial charge on any atom is 0.389 e. The molecule has 8 heteroatoms. The second-order valence-corrected chi connectivity index (χ2v) is 11.3. The highest BCUT2D eigenvalue weighted by Crippen LogP contribution is 2.25. The van der Waals surface area contributed by atoms with Gasteiger partial charge in [0.2, 0.25) is 0 Å². The lowest BCUT2D eigenvalue weighted by Crippen LogP contribution is -2.18. The van der Waals surface area contributed by atoms with Crippen molar-refractivity contribution in [2.75, 3.05) is 6.61 Å². The molecule has 0 radical (unpaired) electrons. The SMILES string of the molecule is CCCCCCCCCCOc1ccc(-c2ccc(C(=O)Oc3ccc(C(=O)O[C@H](CC)CCCC(F)(F)F)cc3)cc2)cc1. The highest BCUT2D eigenvalue weighted by Gasteiger charge is 2.27. The largest absolute Gasteiger partial charge is 0.494 e. The van der Waals surface area contributed by atoms with Crippen molar-refractivity contribution in [1.29, 1.82) is 0 Å². The number of unbranched alkanes of at least 4 members (excludes halogenated alkanes) is 7. The van der Waals surface area contributed by atoms with Crippen LogP contribution in [0.1, 0.15) is 112 Å². The third-order valence-corrected chi connectivity index (χ3v) is 7.59. The van der Waals surface area contributed by atoms with Gasteiger partial charge in [-0.15, -0.1) is 0 Å². The van der Waals surface area contributed by atoms with Gasteiger partial charge in [0.15, 0.2) is 0 Å². The number of ether oxygens (including phenoxy) is 3. The molecule has 0 unspecified atom stereocenters. The first kappa shape index (κ1) is 35.7. The van der Waals surface area contributed by atoms with Crippen molar-refractivity contribution in [2.45, 2.75) is 103 Å². The van der Waals surface area contributed by atoms with E-state index in [4.69, 9.17) is 14.2 Å². The molecule has 5 nitrogen and oxygen atoms in total. The molecule has 244 valence electrons. The van der Waals surface area contributed by atoms with E-state index in [-0.39, 0.29) is 24.2 Å². The molecule has 3 aromatic rings. The Kier molecular flexibility index (Phi) is 15.0. The summed E-state index contributed by atoms with van der Waals surface area (Å²) in [6.45, 7) is 4.70. The lowest BCUT2D eigenvalue weighted by Gasteiger charge is -2.16. The van der Waals surface area contributed by atoms with Crippen LogP contribution in [0, 0.1) is 0 Å². The zero-order valence-electron chi connectivity index (χ0n) is 26.4. The Hall–Kier alpha value is -3.81. The van der Waals surface area contributed by atoms with Crippen molar-refractivity contribution in [2.24, 2.45) is 0 Å². The van der Waals surface area contributed by atoms with Crippen LogP contribution in [0.25, 0.3) is 11.1 Å². The molecule has 0 aromatic heterocycles. The second kappa shape index (κ2) is 18.9. The van der Waals surface area contributed by atoms with Crippen LogP contribution in [0.3, 0.4) is 0 Å². The fraction of sp³-hybridized carbons (Fsp3) is 0.459. The minimum absolute atomic E-state index is 0.105. The molecule has 0 saturated carbocycles. The number of rotatable bonds is 19. The number of benzene rings is 3. The summed E-state index contributed by atoms with van der Waals surface area (Å²) < 4.78 is 53.9. The molecule has 0 N–H and O–H groups in total. The van der Waals surface area contributed by atoms with E-state index >= 15 is 0 Å². The van der Waals surface area contributed by atoms with Crippen molar-refractivity contribution >= 4 is 11.9 Å². The first-order valence-corrected chi connectivity index (χ1v) is 16.1. The minimum atomic E-state index is -4.23. The quantitative estimate of drug-likeness (QED) is 0.0753. The van der Waals surface area contributed by atoms with Gasteiger partial charge < -0.3 is 14.2 Å². The lowest BCUT2D eigenvalue weighted by molar-refractivity contribution is -0.136. The molecule has 3 aromatic carbocycles. The Morgan fingerprint density at radius 3 is 1.73 bits per heavy atom. The molecule has 0 spiro atoms. The summed E-state index contributed by atoms with van der Waals surface area (Å²) in [7, 11) is 0. The van der Waals surface area contributed by atoms with E-state index < -0.39 is 30.6 Å². The van der Waals surface area contributed by atoms with Crippen LogP contribution >= 0.6 is 0 Å². The van der Waals surface area contributed by atoms with Gasteiger partial charge in [-0.05, 0) is 85.3 Å². The summed E-state index contributed by atoms with van der Waals surface area (Å²) in [4.78, 5) is 25.1. The zero-order valence-corrected chi connectivity index (χ0v) is 26.4. The number of halogens is 3. The van der Waals surface area contributed by atoms with Crippen molar-refractivity contribution in [1.82, 2.24) is 0 Å². The van der Waals surface area contributed by atoms with Crippen LogP contribution in [-0.2, 0) is 4.74 Å². The molecule has 0 saturated heterocycles. The van der Waals surface area contributed by atoms with E-state index in [0.717, 1.165) is 23.3 Å². The molecule has 45 heavy (non-hydrogen) atoms. The van der Waals surface area contributed by atoms with Crippen LogP contribution in [-0.4, -0.2) is 30.8 Å². The second-order valence-electron chi connectivity index (χ2n) is 11.3. The summed E-state index contributed by atoms with van der Waals surface area (Å²) in [6, 6.07) is 20.9. The van der Waals surface area contributed by atoms with E-state index in [9.17, 15) is 22.8 Å². The van der Waals surface area contributed by atoms with Crippen LogP contribution in [0.4, 0.5) is 13.2 Å². The van der Waals surface area contributed by atoms with Gasteiger partial charge in [0, 0.05) is 6.42 Å². The third kappa shape index (κ3) is 13.4. The molecule has 1 atom stereocenters. The van der Waals surface area contributed by atoms with E-state index in [1.165, 1.54) is 69.2 Å². The van der Waals surface area contributed by atoms with Gasteiger partial charge in [0.05, 0.1) is 17.7 Å². The van der Waals surface area contributed by atoms with Crippen molar-refractivity contribution < 1.29 is 37.0 Å². The number of hydrogen-bond donors (Lipinski definition) is 0. The van der Waals surface area contributed by atoms with E-state index in [0.29, 0.717) is 18.6 Å². The molecule has 0 heterocycles. The molecule has 0 aliphatic rings. The smallest absolute Gasteiger partial charge is 0.389 e. The first-order valence-electron chi connectivity index (χ1n) is 16.1. The van der Waals surface area contributed by atoms with Gasteiger partial charge in [0.1, 0.15) is 17.6 Å². The van der Waals surface area contributed by atoms with Gasteiger partial charge in [-0.1, -0.05) is 83.1 Å². The normalized spacial score (nSPS) is 12.0. The Labute approximate surface area is 265 Å². The molecular weight excluding hydrogens is 581 g/mol. The highest BCUT2D eigenvalue weighted by molar-refractivity contribution is 5.92. The minimum Gasteiger partial charge on any atom is -0.494 e. The number of hydrogen-bond acceptors (Lipinski definition) is 5. The summed E-state index contributed by atoms with van der Waals surface area (Å²) in [5.74, 6) is -0.0876. The molecular formula is C37H45F3O5. The highest BCUT2D eigenvalue weighted by atomic mass is 19.4. The maximum atomic E-state index is 12.7. The summed E-state index contributed by atoms with van der Waals surface area (Å²) in [6.07, 6.45) is 4.80. The Balaban J connectivity index is 1.42. The van der Waals surface area contributed by atoms with E-state index in [2.05, 4.69) is 6.92 Å².